The lowest BCUT2D eigenvalue weighted by Crippen LogP contribution is -2.36. The van der Waals surface area contributed by atoms with Crippen LogP contribution in [-0.4, -0.2) is 27.0 Å². The van der Waals surface area contributed by atoms with Gasteiger partial charge in [-0.3, -0.25) is 4.99 Å². The molecule has 0 saturated heterocycles. The molecule has 4 saturated carbocycles. The minimum Gasteiger partial charge on any atom is -0.497 e. The minimum atomic E-state index is 0.481. The molecule has 0 spiro atoms. The van der Waals surface area contributed by atoms with E-state index in [9.17, 15) is 0 Å². The van der Waals surface area contributed by atoms with Crippen LogP contribution in [0.15, 0.2) is 23.2 Å². The maximum atomic E-state index is 5.48. The van der Waals surface area contributed by atoms with Gasteiger partial charge in [0, 0.05) is 24.4 Å². The van der Waals surface area contributed by atoms with E-state index in [4.69, 9.17) is 14.5 Å². The summed E-state index contributed by atoms with van der Waals surface area (Å²) in [4.78, 5) is 4.89. The van der Waals surface area contributed by atoms with E-state index < -0.39 is 0 Å². The molecule has 24 heavy (non-hydrogen) atoms. The second-order valence-corrected chi connectivity index (χ2v) is 8.33. The number of aliphatic imine (C=N–C) groups is 1. The number of benzene rings is 1. The smallest absolute Gasteiger partial charge is 0.131 e. The van der Waals surface area contributed by atoms with E-state index in [-0.39, 0.29) is 0 Å². The van der Waals surface area contributed by atoms with Gasteiger partial charge in [0.2, 0.25) is 0 Å². The van der Waals surface area contributed by atoms with Crippen LogP contribution in [0.2, 0.25) is 0 Å². The predicted molar refractivity (Wildman–Crippen MR) is 97.2 cm³/mol. The number of methoxy groups -OCH3 is 2. The molecule has 3 heteroatoms. The standard InChI is InChI=1S/C21H29NO2/c1-23-19-4-3-18(20(10-19)24-2)13-22-14-21-6-5-15-7-16(11-21)9-17(8-15)12-21/h3-4,10,13,15-17H,5-9,11-12,14H2,1-2H3/t15?,16-,17-,21?/m1/s1. The zero-order valence-electron chi connectivity index (χ0n) is 15.0. The number of ether oxygens (including phenoxy) is 2. The Morgan fingerprint density at radius 1 is 1.08 bits per heavy atom. The van der Waals surface area contributed by atoms with Gasteiger partial charge < -0.3 is 9.47 Å². The fourth-order valence-electron chi connectivity index (χ4n) is 5.77. The van der Waals surface area contributed by atoms with Crippen molar-refractivity contribution in [2.45, 2.75) is 44.9 Å². The highest BCUT2D eigenvalue weighted by atomic mass is 16.5. The molecule has 0 aliphatic heterocycles. The van der Waals surface area contributed by atoms with Gasteiger partial charge >= 0.3 is 0 Å². The van der Waals surface area contributed by atoms with Crippen molar-refractivity contribution in [3.63, 3.8) is 0 Å². The van der Waals surface area contributed by atoms with Gasteiger partial charge in [-0.25, -0.2) is 0 Å². The highest BCUT2D eigenvalue weighted by Crippen LogP contribution is 2.57. The molecule has 0 N–H and O–H groups in total. The summed E-state index contributed by atoms with van der Waals surface area (Å²) in [6.45, 7) is 0.988. The van der Waals surface area contributed by atoms with E-state index in [1.165, 1.54) is 44.9 Å². The first-order chi connectivity index (χ1) is 11.7. The molecule has 0 unspecified atom stereocenters. The van der Waals surface area contributed by atoms with Gasteiger partial charge in [0.05, 0.1) is 14.2 Å². The van der Waals surface area contributed by atoms with Gasteiger partial charge in [-0.15, -0.1) is 0 Å². The third-order valence-electron chi connectivity index (χ3n) is 6.62. The van der Waals surface area contributed by atoms with Crippen LogP contribution in [0.3, 0.4) is 0 Å². The average molecular weight is 327 g/mol. The molecular formula is C21H29NO2. The first kappa shape index (κ1) is 16.0. The number of fused-ring (bicyclic) bond motifs is 1. The Labute approximate surface area is 145 Å². The van der Waals surface area contributed by atoms with Crippen LogP contribution in [-0.2, 0) is 0 Å². The van der Waals surface area contributed by atoms with E-state index in [1.807, 2.05) is 24.4 Å². The summed E-state index contributed by atoms with van der Waals surface area (Å²) in [5.74, 6) is 4.64. The third kappa shape index (κ3) is 3.05. The fraction of sp³-hybridized carbons (Fsp3) is 0.667. The Morgan fingerprint density at radius 3 is 2.54 bits per heavy atom. The van der Waals surface area contributed by atoms with Crippen molar-refractivity contribution in [3.05, 3.63) is 23.8 Å². The van der Waals surface area contributed by atoms with Crippen LogP contribution in [0, 0.1) is 23.2 Å². The van der Waals surface area contributed by atoms with Crippen LogP contribution < -0.4 is 9.47 Å². The summed E-state index contributed by atoms with van der Waals surface area (Å²) in [5, 5.41) is 0. The molecule has 1 aromatic carbocycles. The fourth-order valence-corrected chi connectivity index (χ4v) is 5.77. The maximum absolute atomic E-state index is 5.48. The first-order valence-electron chi connectivity index (χ1n) is 9.41. The molecule has 3 nitrogen and oxygen atoms in total. The van der Waals surface area contributed by atoms with Gasteiger partial charge in [-0.1, -0.05) is 0 Å². The molecule has 4 fully saturated rings. The molecule has 5 rings (SSSR count). The molecule has 4 aliphatic rings. The molecular weight excluding hydrogens is 298 g/mol. The summed E-state index contributed by atoms with van der Waals surface area (Å²) in [7, 11) is 3.38. The van der Waals surface area contributed by atoms with Crippen LogP contribution in [0.1, 0.15) is 50.5 Å². The topological polar surface area (TPSA) is 30.8 Å². The summed E-state index contributed by atoms with van der Waals surface area (Å²) in [5.41, 5.74) is 1.52. The molecule has 1 aromatic rings. The molecule has 2 atom stereocenters. The zero-order valence-corrected chi connectivity index (χ0v) is 15.0. The Bertz CT molecular complexity index is 610. The monoisotopic (exact) mass is 327 g/mol. The third-order valence-corrected chi connectivity index (χ3v) is 6.62. The molecule has 0 aromatic heterocycles. The van der Waals surface area contributed by atoms with Gasteiger partial charge in [0.1, 0.15) is 11.5 Å². The lowest BCUT2D eigenvalue weighted by Gasteiger charge is -2.44. The van der Waals surface area contributed by atoms with E-state index in [0.717, 1.165) is 41.4 Å². The minimum absolute atomic E-state index is 0.481. The lowest BCUT2D eigenvalue weighted by atomic mass is 9.61. The lowest BCUT2D eigenvalue weighted by molar-refractivity contribution is 0.0728. The van der Waals surface area contributed by atoms with E-state index >= 15 is 0 Å². The van der Waals surface area contributed by atoms with Crippen LogP contribution in [0.4, 0.5) is 0 Å². The van der Waals surface area contributed by atoms with Crippen LogP contribution in [0.25, 0.3) is 0 Å². The van der Waals surface area contributed by atoms with Crippen molar-refractivity contribution in [1.29, 1.82) is 0 Å². The summed E-state index contributed by atoms with van der Waals surface area (Å²) < 4.78 is 10.8. The van der Waals surface area contributed by atoms with Gasteiger partial charge in [0.15, 0.2) is 0 Å². The Balaban J connectivity index is 1.49. The van der Waals surface area contributed by atoms with Gasteiger partial charge in [0.25, 0.3) is 0 Å². The molecule has 0 radical (unpaired) electrons. The average Bonchev–Trinajstić information content (AvgIpc) is 2.79. The van der Waals surface area contributed by atoms with Gasteiger partial charge in [-0.2, -0.15) is 0 Å². The van der Waals surface area contributed by atoms with Crippen molar-refractivity contribution in [3.8, 4) is 11.5 Å². The quantitative estimate of drug-likeness (QED) is 0.732. The van der Waals surface area contributed by atoms with Crippen LogP contribution >= 0.6 is 0 Å². The second-order valence-electron chi connectivity index (χ2n) is 8.33. The Morgan fingerprint density at radius 2 is 1.83 bits per heavy atom. The SMILES string of the molecule is COc1ccc(C=NCC23CCC4C[C@H](C[C@@H](C4)C2)C3)c(OC)c1. The van der Waals surface area contributed by atoms with E-state index in [0.29, 0.717) is 5.41 Å². The second kappa shape index (κ2) is 6.42. The zero-order chi connectivity index (χ0) is 16.6. The molecule has 0 heterocycles. The first-order valence-corrected chi connectivity index (χ1v) is 9.41. The normalized spacial score (nSPS) is 34.5. The number of rotatable bonds is 5. The summed E-state index contributed by atoms with van der Waals surface area (Å²) >= 11 is 0. The number of nitrogens with zero attached hydrogens (tertiary/aromatic N) is 1. The van der Waals surface area contributed by atoms with Crippen molar-refractivity contribution in [2.24, 2.45) is 28.2 Å². The predicted octanol–water partition coefficient (Wildman–Crippen LogP) is 4.73. The van der Waals surface area contributed by atoms with E-state index in [2.05, 4.69) is 0 Å². The maximum Gasteiger partial charge on any atom is 0.131 e. The summed E-state index contributed by atoms with van der Waals surface area (Å²) in [6.07, 6.45) is 12.1. The van der Waals surface area contributed by atoms with E-state index in [1.54, 1.807) is 14.2 Å². The van der Waals surface area contributed by atoms with Crippen molar-refractivity contribution in [1.82, 2.24) is 0 Å². The Hall–Kier alpha value is -1.51. The highest BCUT2D eigenvalue weighted by molar-refractivity contribution is 5.84. The summed E-state index contributed by atoms with van der Waals surface area (Å²) in [6, 6.07) is 5.93. The molecule has 130 valence electrons. The number of hydrogen-bond acceptors (Lipinski definition) is 3. The number of hydrogen-bond donors (Lipinski definition) is 0. The van der Waals surface area contributed by atoms with Crippen LogP contribution in [0.5, 0.6) is 11.5 Å². The Kier molecular flexibility index (Phi) is 4.28. The van der Waals surface area contributed by atoms with Crippen molar-refractivity contribution >= 4 is 6.21 Å². The molecule has 0 amide bonds. The van der Waals surface area contributed by atoms with Crippen molar-refractivity contribution in [2.75, 3.05) is 20.8 Å². The largest absolute Gasteiger partial charge is 0.497 e. The molecule has 4 bridgehead atoms. The van der Waals surface area contributed by atoms with Crippen molar-refractivity contribution < 1.29 is 9.47 Å². The van der Waals surface area contributed by atoms with Gasteiger partial charge in [-0.05, 0) is 80.2 Å². The highest BCUT2D eigenvalue weighted by Gasteiger charge is 2.47. The molecule has 4 aliphatic carbocycles.